The maximum absolute atomic E-state index is 0. The van der Waals surface area contributed by atoms with Crippen LogP contribution in [-0.2, 0) is 0 Å². The third kappa shape index (κ3) is 305. The van der Waals surface area contributed by atoms with Crippen LogP contribution in [0.5, 0.6) is 0 Å². The summed E-state index contributed by atoms with van der Waals surface area (Å²) >= 11 is 0. The maximum atomic E-state index is 0. The first-order valence-corrected chi connectivity index (χ1v) is 0. The normalized spacial score (nSPS) is 0. The van der Waals surface area contributed by atoms with Crippen molar-refractivity contribution in [2.75, 3.05) is 0 Å². The standard InChI is InChI=1S/29K.14H2O/h;;;;;;;;;;;;;;;;;;;;;;;;;;;;;14*1H2/q29*+1;;;;;;;;;;;;;;. The molecule has 0 saturated carbocycles. The van der Waals surface area contributed by atoms with Crippen molar-refractivity contribution in [3.63, 3.8) is 0 Å². The van der Waals surface area contributed by atoms with Gasteiger partial charge in [0.25, 0.3) is 0 Å². The first-order valence-electron chi connectivity index (χ1n) is 0. The molecule has 0 rings (SSSR count). The largest absolute Gasteiger partial charge is 1.00 e. The molecule has 0 spiro atoms. The van der Waals surface area contributed by atoms with Gasteiger partial charge in [0.05, 0.1) is 0 Å². The summed E-state index contributed by atoms with van der Waals surface area (Å²) in [5.41, 5.74) is 0. The van der Waals surface area contributed by atoms with Gasteiger partial charge < -0.3 is 76.7 Å². The Morgan fingerprint density at radius 3 is 0.0465 bits per heavy atom. The van der Waals surface area contributed by atoms with Crippen LogP contribution in [0, 0.1) is 0 Å². The van der Waals surface area contributed by atoms with Crippen LogP contribution in [0.25, 0.3) is 0 Å². The average Bonchev–Trinajstić information content (AvgIpc) is 0. The Morgan fingerprint density at radius 1 is 0.0465 bits per heavy atom. The van der Waals surface area contributed by atoms with Gasteiger partial charge in [-0.2, -0.15) is 0 Å². The molecule has 0 aliphatic carbocycles. The molecule has 0 aromatic rings. The van der Waals surface area contributed by atoms with Crippen LogP contribution >= 0.6 is 0 Å². The molecule has 0 aromatic heterocycles. The van der Waals surface area contributed by atoms with Gasteiger partial charge in [-0.25, -0.2) is 0 Å². The predicted molar refractivity (Wildman–Crippen MR) is 50.6 cm³/mol. The van der Waals surface area contributed by atoms with E-state index in [0.717, 1.165) is 0 Å². The molecule has 28 N–H and O–H groups in total. The summed E-state index contributed by atoms with van der Waals surface area (Å²) in [7, 11) is 0. The van der Waals surface area contributed by atoms with Gasteiger partial charge in [0.1, 0.15) is 0 Å². The molecule has 0 bridgehead atoms. The van der Waals surface area contributed by atoms with E-state index in [1.54, 1.807) is 0 Å². The van der Waals surface area contributed by atoms with Gasteiger partial charge in [0.2, 0.25) is 0 Å². The maximum Gasteiger partial charge on any atom is 1.00 e. The molecule has 43 heteroatoms. The molecular weight excluding hydrogens is 1360 g/mol. The number of rotatable bonds is 0. The monoisotopic (exact) mass is 1380 g/mol. The molecule has 0 aliphatic rings. The quantitative estimate of drug-likeness (QED) is 0.204. The van der Waals surface area contributed by atoms with Gasteiger partial charge in [0.15, 0.2) is 0 Å². The van der Waals surface area contributed by atoms with Crippen molar-refractivity contribution in [3.05, 3.63) is 0 Å². The van der Waals surface area contributed by atoms with Crippen molar-refractivity contribution in [2.24, 2.45) is 0 Å². The molecule has 0 unspecified atom stereocenters. The third-order valence-electron chi connectivity index (χ3n) is 0. The SMILES string of the molecule is O.O.O.O.O.O.O.O.O.O.O.O.O.O.[K+].[K+].[K+].[K+].[K+].[K+].[K+].[K+].[K+].[K+].[K+].[K+].[K+].[K+].[K+].[K+].[K+].[K+].[K+].[K+].[K+].[K+].[K+].[K+].[K+].[K+].[K+].[K+].[K+]. The van der Waals surface area contributed by atoms with Crippen LogP contribution in [0.4, 0.5) is 0 Å². The Labute approximate surface area is 1500 Å². The Bertz CT molecular complexity index is 39.1. The van der Waals surface area contributed by atoms with E-state index >= 15 is 0 Å². The second-order valence-corrected chi connectivity index (χ2v) is 0. The smallest absolute Gasteiger partial charge is 0.412 e. The average molecular weight is 1390 g/mol. The van der Waals surface area contributed by atoms with Gasteiger partial charge in [0, 0.05) is 0 Å². The van der Waals surface area contributed by atoms with E-state index < -0.39 is 0 Å². The zero-order valence-corrected chi connectivity index (χ0v) is 127. The summed E-state index contributed by atoms with van der Waals surface area (Å²) in [6.07, 6.45) is 0. The summed E-state index contributed by atoms with van der Waals surface area (Å²) in [6, 6.07) is 0. The molecule has 0 radical (unpaired) electrons. The predicted octanol–water partition coefficient (Wildman–Crippen LogP) is -98.4. The third-order valence-corrected chi connectivity index (χ3v) is 0. The Balaban J connectivity index is 0. The van der Waals surface area contributed by atoms with Crippen molar-refractivity contribution in [1.82, 2.24) is 0 Å². The molecular formula is H28K29O14+29. The molecule has 14 nitrogen and oxygen atoms in total. The Hall–Kier alpha value is 46.9. The summed E-state index contributed by atoms with van der Waals surface area (Å²) in [6.45, 7) is 0. The zero-order chi connectivity index (χ0) is 0. The van der Waals surface area contributed by atoms with Gasteiger partial charge in [-0.05, 0) is 0 Å². The fourth-order valence-corrected chi connectivity index (χ4v) is 0. The van der Waals surface area contributed by atoms with Gasteiger partial charge in [-0.1, -0.05) is 0 Å². The summed E-state index contributed by atoms with van der Waals surface area (Å²) < 4.78 is 0. The fourth-order valence-electron chi connectivity index (χ4n) is 0. The minimum absolute atomic E-state index is 0. The van der Waals surface area contributed by atoms with Crippen molar-refractivity contribution in [3.8, 4) is 0 Å². The van der Waals surface area contributed by atoms with Crippen LogP contribution in [0.15, 0.2) is 0 Å². The van der Waals surface area contributed by atoms with Crippen LogP contribution in [-0.4, -0.2) is 76.7 Å². The van der Waals surface area contributed by atoms with E-state index in [-0.39, 0.29) is 1570 Å². The zero-order valence-electron chi connectivity index (χ0n) is 36.0. The van der Waals surface area contributed by atoms with Gasteiger partial charge in [-0.3, -0.25) is 0 Å². The number of hydrogen-bond donors (Lipinski definition) is 0. The molecule has 0 heterocycles. The van der Waals surface area contributed by atoms with E-state index in [1.807, 2.05) is 0 Å². The molecule has 0 aliphatic heterocycles. The Morgan fingerprint density at radius 2 is 0.0465 bits per heavy atom. The fraction of sp³-hybridized carbons (Fsp3) is 0. The van der Waals surface area contributed by atoms with Crippen molar-refractivity contribution < 1.29 is 1570 Å². The summed E-state index contributed by atoms with van der Waals surface area (Å²) in [4.78, 5) is 0. The molecule has 112 valence electrons. The van der Waals surface area contributed by atoms with Crippen LogP contribution < -0.4 is 1490 Å². The van der Waals surface area contributed by atoms with E-state index in [1.165, 1.54) is 0 Å². The van der Waals surface area contributed by atoms with Crippen LogP contribution in [0.1, 0.15) is 0 Å². The minimum atomic E-state index is 0. The molecule has 0 saturated heterocycles. The van der Waals surface area contributed by atoms with E-state index in [4.69, 9.17) is 0 Å². The minimum Gasteiger partial charge on any atom is -0.412 e. The van der Waals surface area contributed by atoms with Gasteiger partial charge in [-0.15, -0.1) is 0 Å². The molecule has 0 aromatic carbocycles. The second kappa shape index (κ2) is 312. The molecule has 0 fully saturated rings. The number of hydrogen-bond acceptors (Lipinski definition) is 0. The topological polar surface area (TPSA) is 441 Å². The van der Waals surface area contributed by atoms with Crippen molar-refractivity contribution in [1.29, 1.82) is 0 Å². The molecule has 43 heavy (non-hydrogen) atoms. The first kappa shape index (κ1) is 323. The summed E-state index contributed by atoms with van der Waals surface area (Å²) in [5.74, 6) is 0. The molecule has 0 atom stereocenters. The van der Waals surface area contributed by atoms with Crippen LogP contribution in [0.2, 0.25) is 0 Å². The second-order valence-electron chi connectivity index (χ2n) is 0. The van der Waals surface area contributed by atoms with E-state index in [0.29, 0.717) is 0 Å². The van der Waals surface area contributed by atoms with E-state index in [2.05, 4.69) is 0 Å². The van der Waals surface area contributed by atoms with Crippen molar-refractivity contribution >= 4 is 0 Å². The summed E-state index contributed by atoms with van der Waals surface area (Å²) in [5, 5.41) is 0. The van der Waals surface area contributed by atoms with E-state index in [9.17, 15) is 0 Å². The van der Waals surface area contributed by atoms with Crippen molar-refractivity contribution in [2.45, 2.75) is 0 Å². The Kier molecular flexibility index (Phi) is 2350. The first-order chi connectivity index (χ1) is 0. The van der Waals surface area contributed by atoms with Gasteiger partial charge >= 0.3 is 1490 Å². The molecule has 0 amide bonds. The van der Waals surface area contributed by atoms with Crippen LogP contribution in [0.3, 0.4) is 0 Å².